The van der Waals surface area contributed by atoms with Crippen molar-refractivity contribution in [3.05, 3.63) is 70.7 Å². The molecule has 20 heavy (non-hydrogen) atoms. The van der Waals surface area contributed by atoms with E-state index in [1.807, 2.05) is 30.3 Å². The lowest BCUT2D eigenvalue weighted by Gasteiger charge is -2.02. The zero-order valence-corrected chi connectivity index (χ0v) is 11.8. The summed E-state index contributed by atoms with van der Waals surface area (Å²) in [7, 11) is 0. The second-order valence-electron chi connectivity index (χ2n) is 4.60. The molecule has 0 N–H and O–H groups in total. The van der Waals surface area contributed by atoms with Gasteiger partial charge in [-0.15, -0.1) is 0 Å². The van der Waals surface area contributed by atoms with Crippen LogP contribution in [0.2, 0.25) is 5.02 Å². The molecular weight excluding hydrogens is 272 g/mol. The van der Waals surface area contributed by atoms with E-state index in [-0.39, 0.29) is 12.2 Å². The van der Waals surface area contributed by atoms with Crippen LogP contribution < -0.4 is 0 Å². The normalized spacial score (nSPS) is 10.2. The molecule has 2 aromatic carbocycles. The molecule has 2 rings (SSSR count). The number of rotatable bonds is 6. The molecule has 2 nitrogen and oxygen atoms in total. The topological polar surface area (TPSA) is 34.1 Å². The maximum Gasteiger partial charge on any atom is 0.228 e. The van der Waals surface area contributed by atoms with Gasteiger partial charge in [-0.1, -0.05) is 41.9 Å². The van der Waals surface area contributed by atoms with Gasteiger partial charge in [-0.25, -0.2) is 0 Å². The quantitative estimate of drug-likeness (QED) is 0.591. The van der Waals surface area contributed by atoms with E-state index < -0.39 is 5.78 Å². The first-order chi connectivity index (χ1) is 9.66. The minimum Gasteiger partial charge on any atom is -0.290 e. The second kappa shape index (κ2) is 7.01. The third kappa shape index (κ3) is 4.04. The fourth-order valence-corrected chi connectivity index (χ4v) is 2.10. The highest BCUT2D eigenvalue weighted by molar-refractivity contribution is 6.43. The fraction of sp³-hybridized carbons (Fsp3) is 0.176. The molecule has 0 amide bonds. The first-order valence-electron chi connectivity index (χ1n) is 6.54. The Morgan fingerprint density at radius 3 is 2.20 bits per heavy atom. The highest BCUT2D eigenvalue weighted by Crippen LogP contribution is 2.12. The first kappa shape index (κ1) is 14.5. The third-order valence-electron chi connectivity index (χ3n) is 3.07. The Balaban J connectivity index is 1.85. The fourth-order valence-electron chi connectivity index (χ4n) is 1.97. The van der Waals surface area contributed by atoms with Crippen molar-refractivity contribution in [3.63, 3.8) is 0 Å². The number of hydrogen-bond acceptors (Lipinski definition) is 2. The molecule has 0 aliphatic carbocycles. The number of halogens is 1. The zero-order valence-electron chi connectivity index (χ0n) is 11.0. The van der Waals surface area contributed by atoms with Crippen molar-refractivity contribution >= 4 is 23.2 Å². The number of ketones is 2. The molecule has 0 radical (unpaired) electrons. The molecule has 3 heteroatoms. The van der Waals surface area contributed by atoms with Crippen LogP contribution in [-0.4, -0.2) is 11.6 Å². The second-order valence-corrected chi connectivity index (χ2v) is 5.03. The predicted molar refractivity (Wildman–Crippen MR) is 80.2 cm³/mol. The number of benzene rings is 2. The molecule has 2 aromatic rings. The Bertz CT molecular complexity index is 588. The largest absolute Gasteiger partial charge is 0.290 e. The van der Waals surface area contributed by atoms with Crippen molar-refractivity contribution in [3.8, 4) is 0 Å². The molecule has 0 saturated carbocycles. The smallest absolute Gasteiger partial charge is 0.228 e. The molecular formula is C17H15ClO2. The Hall–Kier alpha value is -1.93. The lowest BCUT2D eigenvalue weighted by Crippen LogP contribution is -2.14. The standard InChI is InChI=1S/C17H15ClO2/c18-15-11-9-14(10-12-15)17(20)16(19)8-4-7-13-5-2-1-3-6-13/h1-3,5-6,9-12H,4,7-8H2. The average molecular weight is 287 g/mol. The number of aryl methyl sites for hydroxylation is 1. The number of carbonyl (C=O) groups excluding carboxylic acids is 2. The van der Waals surface area contributed by atoms with Gasteiger partial charge in [0.1, 0.15) is 0 Å². The van der Waals surface area contributed by atoms with Crippen LogP contribution in [0.25, 0.3) is 0 Å². The van der Waals surface area contributed by atoms with Crippen LogP contribution in [0.3, 0.4) is 0 Å². The van der Waals surface area contributed by atoms with Gasteiger partial charge >= 0.3 is 0 Å². The van der Waals surface area contributed by atoms with Crippen molar-refractivity contribution in [2.75, 3.05) is 0 Å². The highest BCUT2D eigenvalue weighted by Gasteiger charge is 2.15. The van der Waals surface area contributed by atoms with Gasteiger partial charge in [0.05, 0.1) is 0 Å². The van der Waals surface area contributed by atoms with E-state index in [0.29, 0.717) is 17.0 Å². The van der Waals surface area contributed by atoms with Gasteiger partial charge in [0.25, 0.3) is 0 Å². The molecule has 102 valence electrons. The highest BCUT2D eigenvalue weighted by atomic mass is 35.5. The minimum atomic E-state index is -0.435. The molecule has 0 bridgehead atoms. The van der Waals surface area contributed by atoms with Gasteiger partial charge in [0, 0.05) is 17.0 Å². The van der Waals surface area contributed by atoms with Crippen molar-refractivity contribution in [1.82, 2.24) is 0 Å². The van der Waals surface area contributed by atoms with Crippen molar-refractivity contribution < 1.29 is 9.59 Å². The van der Waals surface area contributed by atoms with Gasteiger partial charge in [0.15, 0.2) is 0 Å². The zero-order chi connectivity index (χ0) is 14.4. The number of carbonyl (C=O) groups is 2. The van der Waals surface area contributed by atoms with Crippen LogP contribution in [0.4, 0.5) is 0 Å². The van der Waals surface area contributed by atoms with Crippen LogP contribution >= 0.6 is 11.6 Å². The minimum absolute atomic E-state index is 0.274. The van der Waals surface area contributed by atoms with Crippen LogP contribution in [0, 0.1) is 0 Å². The number of hydrogen-bond donors (Lipinski definition) is 0. The molecule has 0 aliphatic rings. The van der Waals surface area contributed by atoms with E-state index in [2.05, 4.69) is 0 Å². The summed E-state index contributed by atoms with van der Waals surface area (Å²) in [5, 5.41) is 0.554. The van der Waals surface area contributed by atoms with Crippen LogP contribution in [0.15, 0.2) is 54.6 Å². The summed E-state index contributed by atoms with van der Waals surface area (Å²) in [6, 6.07) is 16.3. The van der Waals surface area contributed by atoms with Gasteiger partial charge in [-0.3, -0.25) is 9.59 Å². The van der Waals surface area contributed by atoms with Gasteiger partial charge in [-0.05, 0) is 42.7 Å². The lowest BCUT2D eigenvalue weighted by molar-refractivity contribution is -0.115. The van der Waals surface area contributed by atoms with Gasteiger partial charge in [-0.2, -0.15) is 0 Å². The van der Waals surface area contributed by atoms with E-state index in [9.17, 15) is 9.59 Å². The first-order valence-corrected chi connectivity index (χ1v) is 6.91. The third-order valence-corrected chi connectivity index (χ3v) is 3.32. The summed E-state index contributed by atoms with van der Waals surface area (Å²) in [5.41, 5.74) is 1.58. The Morgan fingerprint density at radius 2 is 1.55 bits per heavy atom. The van der Waals surface area contributed by atoms with E-state index in [4.69, 9.17) is 11.6 Å². The molecule has 0 aliphatic heterocycles. The monoisotopic (exact) mass is 286 g/mol. The molecule has 0 atom stereocenters. The molecule has 0 unspecified atom stereocenters. The maximum atomic E-state index is 11.9. The SMILES string of the molecule is O=C(CCCc1ccccc1)C(=O)c1ccc(Cl)cc1. The van der Waals surface area contributed by atoms with Crippen molar-refractivity contribution in [2.24, 2.45) is 0 Å². The molecule has 0 fully saturated rings. The van der Waals surface area contributed by atoms with Crippen LogP contribution in [0.1, 0.15) is 28.8 Å². The summed E-state index contributed by atoms with van der Waals surface area (Å²) in [4.78, 5) is 23.7. The Morgan fingerprint density at radius 1 is 0.900 bits per heavy atom. The van der Waals surface area contributed by atoms with E-state index >= 15 is 0 Å². The van der Waals surface area contributed by atoms with Crippen molar-refractivity contribution in [2.45, 2.75) is 19.3 Å². The van der Waals surface area contributed by atoms with Crippen molar-refractivity contribution in [1.29, 1.82) is 0 Å². The Labute approximate surface area is 123 Å². The predicted octanol–water partition coefficient (Wildman–Crippen LogP) is 4.11. The molecule has 0 spiro atoms. The van der Waals surface area contributed by atoms with Crippen LogP contribution in [0.5, 0.6) is 0 Å². The summed E-state index contributed by atoms with van der Waals surface area (Å²) >= 11 is 5.75. The summed E-state index contributed by atoms with van der Waals surface area (Å²) < 4.78 is 0. The summed E-state index contributed by atoms with van der Waals surface area (Å²) in [6.07, 6.45) is 1.76. The van der Waals surface area contributed by atoms with E-state index in [1.54, 1.807) is 24.3 Å². The lowest BCUT2D eigenvalue weighted by atomic mass is 10.0. The molecule has 0 heterocycles. The molecule has 0 saturated heterocycles. The molecule has 0 aromatic heterocycles. The van der Waals surface area contributed by atoms with Gasteiger partial charge in [0.2, 0.25) is 11.6 Å². The Kier molecular flexibility index (Phi) is 5.08. The number of Topliss-reactive ketones (excluding diaryl/α,β-unsaturated/α-hetero) is 2. The van der Waals surface area contributed by atoms with Crippen LogP contribution in [-0.2, 0) is 11.2 Å². The van der Waals surface area contributed by atoms with E-state index in [0.717, 1.165) is 6.42 Å². The summed E-state index contributed by atoms with van der Waals surface area (Å²) in [6.45, 7) is 0. The van der Waals surface area contributed by atoms with Gasteiger partial charge < -0.3 is 0 Å². The average Bonchev–Trinajstić information content (AvgIpc) is 2.48. The van der Waals surface area contributed by atoms with E-state index in [1.165, 1.54) is 5.56 Å². The summed E-state index contributed by atoms with van der Waals surface area (Å²) in [5.74, 6) is -0.780. The maximum absolute atomic E-state index is 11.9.